The summed E-state index contributed by atoms with van der Waals surface area (Å²) < 4.78 is 0. The van der Waals surface area contributed by atoms with Crippen LogP contribution in [0.3, 0.4) is 0 Å². The van der Waals surface area contributed by atoms with Gasteiger partial charge in [-0.15, -0.1) is 12.4 Å². The van der Waals surface area contributed by atoms with Crippen molar-refractivity contribution in [3.63, 3.8) is 0 Å². The van der Waals surface area contributed by atoms with Crippen LogP contribution in [0.25, 0.3) is 0 Å². The molecule has 0 saturated carbocycles. The number of piperazine rings is 1. The molecule has 2 aliphatic rings. The van der Waals surface area contributed by atoms with Crippen LogP contribution in [0.2, 0.25) is 0 Å². The van der Waals surface area contributed by atoms with Crippen molar-refractivity contribution in [2.24, 2.45) is 0 Å². The largest absolute Gasteiger partial charge is 0.336 e. The van der Waals surface area contributed by atoms with Crippen molar-refractivity contribution in [1.29, 1.82) is 0 Å². The average molecular weight is 370 g/mol. The molecule has 2 saturated heterocycles. The molecular formula is C17H28ClN5O2. The molecule has 1 unspecified atom stereocenters. The van der Waals surface area contributed by atoms with E-state index in [-0.39, 0.29) is 35.7 Å². The number of piperidine rings is 1. The van der Waals surface area contributed by atoms with E-state index in [9.17, 15) is 9.59 Å². The van der Waals surface area contributed by atoms with Gasteiger partial charge in [0.2, 0.25) is 5.91 Å². The molecule has 140 valence electrons. The van der Waals surface area contributed by atoms with Gasteiger partial charge in [-0.05, 0) is 18.9 Å². The minimum atomic E-state index is -0.0663. The first kappa shape index (κ1) is 19.7. The average Bonchev–Trinajstić information content (AvgIpc) is 3.05. The van der Waals surface area contributed by atoms with E-state index in [4.69, 9.17) is 0 Å². The maximum Gasteiger partial charge on any atom is 0.274 e. The number of likely N-dealkylation sites (tertiary alicyclic amines) is 1. The molecule has 2 N–H and O–H groups in total. The first-order valence-electron chi connectivity index (χ1n) is 8.71. The third-order valence-corrected chi connectivity index (χ3v) is 4.86. The molecule has 25 heavy (non-hydrogen) atoms. The number of hydrogen-bond donors (Lipinski definition) is 2. The Kier molecular flexibility index (Phi) is 6.11. The molecule has 3 heterocycles. The van der Waals surface area contributed by atoms with Gasteiger partial charge in [0.05, 0.1) is 6.54 Å². The van der Waals surface area contributed by atoms with Gasteiger partial charge >= 0.3 is 0 Å². The van der Waals surface area contributed by atoms with E-state index < -0.39 is 0 Å². The summed E-state index contributed by atoms with van der Waals surface area (Å²) in [6.07, 6.45) is 1.88. The maximum absolute atomic E-state index is 12.8. The summed E-state index contributed by atoms with van der Waals surface area (Å²) in [4.78, 5) is 28.6. The van der Waals surface area contributed by atoms with Crippen molar-refractivity contribution >= 4 is 24.2 Å². The van der Waals surface area contributed by atoms with Gasteiger partial charge in [0.15, 0.2) is 0 Å². The lowest BCUT2D eigenvalue weighted by Gasteiger charge is -2.40. The summed E-state index contributed by atoms with van der Waals surface area (Å²) in [6, 6.07) is 1.97. The van der Waals surface area contributed by atoms with Crippen molar-refractivity contribution < 1.29 is 9.59 Å². The second-order valence-corrected chi connectivity index (χ2v) is 7.73. The Labute approximate surface area is 154 Å². The molecule has 7 nitrogen and oxygen atoms in total. The normalized spacial score (nSPS) is 21.9. The Morgan fingerprint density at radius 1 is 1.32 bits per heavy atom. The zero-order chi connectivity index (χ0) is 17.3. The Morgan fingerprint density at radius 3 is 2.72 bits per heavy atom. The smallest absolute Gasteiger partial charge is 0.274 e. The summed E-state index contributed by atoms with van der Waals surface area (Å²) in [5.74, 6) is 0.0874. The predicted molar refractivity (Wildman–Crippen MR) is 98.0 cm³/mol. The summed E-state index contributed by atoms with van der Waals surface area (Å²) in [6.45, 7) is 9.53. The molecule has 0 spiro atoms. The molecule has 0 radical (unpaired) electrons. The highest BCUT2D eigenvalue weighted by molar-refractivity contribution is 5.92. The molecule has 2 aliphatic heterocycles. The lowest BCUT2D eigenvalue weighted by atomic mass is 9.92. The van der Waals surface area contributed by atoms with E-state index in [1.807, 2.05) is 15.9 Å². The SMILES string of the molecule is CC(C)(C)c1cc(C(=O)N2CCCC(N3CCNCC3=O)C2)n[nH]1.Cl. The van der Waals surface area contributed by atoms with E-state index in [1.165, 1.54) is 0 Å². The van der Waals surface area contributed by atoms with E-state index in [0.29, 0.717) is 18.8 Å². The van der Waals surface area contributed by atoms with Crippen LogP contribution in [0.15, 0.2) is 6.07 Å². The Balaban J connectivity index is 0.00000225. The lowest BCUT2D eigenvalue weighted by molar-refractivity contribution is -0.135. The number of carbonyl (C=O) groups excluding carboxylic acids is 2. The van der Waals surface area contributed by atoms with E-state index in [2.05, 4.69) is 36.3 Å². The third kappa shape index (κ3) is 4.33. The fourth-order valence-electron chi connectivity index (χ4n) is 3.38. The van der Waals surface area contributed by atoms with Gasteiger partial charge in [0.25, 0.3) is 5.91 Å². The molecule has 1 aromatic rings. The number of nitrogens with zero attached hydrogens (tertiary/aromatic N) is 3. The van der Waals surface area contributed by atoms with Crippen LogP contribution in [0.5, 0.6) is 0 Å². The first-order valence-corrected chi connectivity index (χ1v) is 8.71. The highest BCUT2D eigenvalue weighted by Gasteiger charge is 2.32. The second kappa shape index (κ2) is 7.74. The number of aromatic amines is 1. The Hall–Kier alpha value is -1.60. The zero-order valence-corrected chi connectivity index (χ0v) is 16.0. The van der Waals surface area contributed by atoms with Gasteiger partial charge in [-0.3, -0.25) is 14.7 Å². The summed E-state index contributed by atoms with van der Waals surface area (Å²) >= 11 is 0. The molecule has 0 aliphatic carbocycles. The number of H-pyrrole nitrogens is 1. The second-order valence-electron chi connectivity index (χ2n) is 7.73. The molecule has 1 aromatic heterocycles. The molecule has 3 rings (SSSR count). The van der Waals surface area contributed by atoms with Crippen molar-refractivity contribution in [1.82, 2.24) is 25.3 Å². The minimum Gasteiger partial charge on any atom is -0.336 e. The van der Waals surface area contributed by atoms with Crippen LogP contribution in [0.4, 0.5) is 0 Å². The quantitative estimate of drug-likeness (QED) is 0.819. The molecule has 2 amide bonds. The van der Waals surface area contributed by atoms with Crippen LogP contribution in [-0.4, -0.2) is 70.6 Å². The summed E-state index contributed by atoms with van der Waals surface area (Å²) in [5, 5.41) is 10.3. The van der Waals surface area contributed by atoms with Gasteiger partial charge in [0, 0.05) is 43.3 Å². The molecule has 1 atom stereocenters. The monoisotopic (exact) mass is 369 g/mol. The number of rotatable bonds is 2. The van der Waals surface area contributed by atoms with E-state index in [0.717, 1.165) is 38.2 Å². The van der Waals surface area contributed by atoms with Crippen molar-refractivity contribution in [2.45, 2.75) is 45.1 Å². The number of amides is 2. The van der Waals surface area contributed by atoms with Gasteiger partial charge in [-0.25, -0.2) is 0 Å². The third-order valence-electron chi connectivity index (χ3n) is 4.86. The molecule has 0 aromatic carbocycles. The fourth-order valence-corrected chi connectivity index (χ4v) is 3.38. The van der Waals surface area contributed by atoms with Gasteiger partial charge in [0.1, 0.15) is 5.69 Å². The fraction of sp³-hybridized carbons (Fsp3) is 0.706. The molecule has 2 fully saturated rings. The Bertz CT molecular complexity index is 625. The highest BCUT2D eigenvalue weighted by atomic mass is 35.5. The van der Waals surface area contributed by atoms with E-state index in [1.54, 1.807) is 0 Å². The van der Waals surface area contributed by atoms with Gasteiger partial charge < -0.3 is 15.1 Å². The van der Waals surface area contributed by atoms with Crippen LogP contribution >= 0.6 is 12.4 Å². The predicted octanol–water partition coefficient (Wildman–Crippen LogP) is 1.17. The number of aromatic nitrogens is 2. The number of carbonyl (C=O) groups is 2. The first-order chi connectivity index (χ1) is 11.4. The number of nitrogens with one attached hydrogen (secondary N) is 2. The molecule has 0 bridgehead atoms. The van der Waals surface area contributed by atoms with E-state index >= 15 is 0 Å². The molecular weight excluding hydrogens is 342 g/mol. The van der Waals surface area contributed by atoms with Crippen LogP contribution in [0.1, 0.15) is 49.8 Å². The number of hydrogen-bond acceptors (Lipinski definition) is 4. The van der Waals surface area contributed by atoms with Crippen LogP contribution < -0.4 is 5.32 Å². The zero-order valence-electron chi connectivity index (χ0n) is 15.2. The highest BCUT2D eigenvalue weighted by Crippen LogP contribution is 2.22. The van der Waals surface area contributed by atoms with Gasteiger partial charge in [-0.1, -0.05) is 20.8 Å². The minimum absolute atomic E-state index is 0. The summed E-state index contributed by atoms with van der Waals surface area (Å²) in [7, 11) is 0. The topological polar surface area (TPSA) is 81.3 Å². The number of halogens is 1. The Morgan fingerprint density at radius 2 is 2.08 bits per heavy atom. The summed E-state index contributed by atoms with van der Waals surface area (Å²) in [5.41, 5.74) is 1.35. The van der Waals surface area contributed by atoms with Crippen molar-refractivity contribution in [2.75, 3.05) is 32.7 Å². The molecule has 8 heteroatoms. The van der Waals surface area contributed by atoms with Gasteiger partial charge in [-0.2, -0.15) is 5.10 Å². The standard InChI is InChI=1S/C17H27N5O2.ClH/c1-17(2,3)14-9-13(19-20-14)16(24)21-7-4-5-12(11-21)22-8-6-18-10-15(22)23;/h9,12,18H,4-8,10-11H2,1-3H3,(H,19,20);1H. The maximum atomic E-state index is 12.8. The van der Waals surface area contributed by atoms with Crippen LogP contribution in [0, 0.1) is 0 Å². The van der Waals surface area contributed by atoms with Crippen molar-refractivity contribution in [3.05, 3.63) is 17.5 Å². The van der Waals surface area contributed by atoms with Crippen molar-refractivity contribution in [3.8, 4) is 0 Å². The lowest BCUT2D eigenvalue weighted by Crippen LogP contribution is -2.57. The van der Waals surface area contributed by atoms with Crippen LogP contribution in [-0.2, 0) is 10.2 Å².